The first kappa shape index (κ1) is 10.7. The average Bonchev–Trinajstić information content (AvgIpc) is 2.44. The molecular formula is C11H19NS. The summed E-state index contributed by atoms with van der Waals surface area (Å²) in [6.07, 6.45) is 1.20. The van der Waals surface area contributed by atoms with Crippen LogP contribution in [0.1, 0.15) is 36.3 Å². The van der Waals surface area contributed by atoms with Crippen molar-refractivity contribution in [2.45, 2.75) is 46.7 Å². The first-order valence-electron chi connectivity index (χ1n) is 4.92. The summed E-state index contributed by atoms with van der Waals surface area (Å²) in [5.74, 6) is 0. The van der Waals surface area contributed by atoms with Gasteiger partial charge >= 0.3 is 0 Å². The lowest BCUT2D eigenvalue weighted by molar-refractivity contribution is 0.534. The number of hydrogen-bond donors (Lipinski definition) is 1. The standard InChI is InChI=1S/C11H19NS/c1-5-8(2)12-6-11-7-13-10(4)9(11)3/h7-8,12H,5-6H2,1-4H3. The van der Waals surface area contributed by atoms with Crippen molar-refractivity contribution in [2.75, 3.05) is 0 Å². The molecule has 1 rings (SSSR count). The summed E-state index contributed by atoms with van der Waals surface area (Å²) in [7, 11) is 0. The van der Waals surface area contributed by atoms with E-state index in [0.717, 1.165) is 6.54 Å². The number of thiophene rings is 1. The molecule has 1 nitrogen and oxygen atoms in total. The number of rotatable bonds is 4. The highest BCUT2D eigenvalue weighted by atomic mass is 32.1. The fourth-order valence-electron chi connectivity index (χ4n) is 1.17. The molecule has 2 heteroatoms. The fourth-order valence-corrected chi connectivity index (χ4v) is 2.05. The molecule has 0 aliphatic carbocycles. The molecule has 0 saturated heterocycles. The SMILES string of the molecule is CCC(C)NCc1csc(C)c1C. The average molecular weight is 197 g/mol. The lowest BCUT2D eigenvalue weighted by Gasteiger charge is -2.10. The summed E-state index contributed by atoms with van der Waals surface area (Å²) in [4.78, 5) is 1.45. The topological polar surface area (TPSA) is 12.0 Å². The van der Waals surface area contributed by atoms with E-state index >= 15 is 0 Å². The van der Waals surface area contributed by atoms with E-state index in [0.29, 0.717) is 6.04 Å². The van der Waals surface area contributed by atoms with E-state index in [9.17, 15) is 0 Å². The third kappa shape index (κ3) is 2.82. The van der Waals surface area contributed by atoms with Gasteiger partial charge < -0.3 is 5.32 Å². The van der Waals surface area contributed by atoms with Crippen molar-refractivity contribution in [2.24, 2.45) is 0 Å². The van der Waals surface area contributed by atoms with Crippen LogP contribution < -0.4 is 5.32 Å². The molecule has 0 bridgehead atoms. The minimum atomic E-state index is 0.625. The Bertz CT molecular complexity index is 265. The van der Waals surface area contributed by atoms with Crippen LogP contribution >= 0.6 is 11.3 Å². The lowest BCUT2D eigenvalue weighted by Crippen LogP contribution is -2.24. The Balaban J connectivity index is 2.50. The first-order valence-corrected chi connectivity index (χ1v) is 5.80. The van der Waals surface area contributed by atoms with Gasteiger partial charge in [0, 0.05) is 17.5 Å². The monoisotopic (exact) mass is 197 g/mol. The molecule has 0 saturated carbocycles. The molecule has 1 unspecified atom stereocenters. The largest absolute Gasteiger partial charge is 0.310 e. The van der Waals surface area contributed by atoms with Crippen LogP contribution in [0.4, 0.5) is 0 Å². The van der Waals surface area contributed by atoms with Gasteiger partial charge in [0.25, 0.3) is 0 Å². The molecule has 0 fully saturated rings. The van der Waals surface area contributed by atoms with Crippen molar-refractivity contribution >= 4 is 11.3 Å². The van der Waals surface area contributed by atoms with Crippen molar-refractivity contribution in [3.63, 3.8) is 0 Å². The van der Waals surface area contributed by atoms with E-state index in [4.69, 9.17) is 0 Å². The van der Waals surface area contributed by atoms with E-state index in [1.165, 1.54) is 22.4 Å². The Morgan fingerprint density at radius 3 is 2.62 bits per heavy atom. The van der Waals surface area contributed by atoms with E-state index in [1.54, 1.807) is 0 Å². The van der Waals surface area contributed by atoms with Crippen LogP contribution in [-0.4, -0.2) is 6.04 Å². The molecule has 1 heterocycles. The van der Waals surface area contributed by atoms with Crippen LogP contribution in [0.25, 0.3) is 0 Å². The predicted molar refractivity (Wildman–Crippen MR) is 60.4 cm³/mol. The van der Waals surface area contributed by atoms with Gasteiger partial charge in [0.05, 0.1) is 0 Å². The molecule has 0 spiro atoms. The molecule has 74 valence electrons. The summed E-state index contributed by atoms with van der Waals surface area (Å²) in [6.45, 7) is 9.86. The smallest absolute Gasteiger partial charge is 0.0218 e. The Morgan fingerprint density at radius 2 is 2.15 bits per heavy atom. The van der Waals surface area contributed by atoms with E-state index in [-0.39, 0.29) is 0 Å². The van der Waals surface area contributed by atoms with Gasteiger partial charge in [-0.25, -0.2) is 0 Å². The molecule has 0 radical (unpaired) electrons. The predicted octanol–water partition coefficient (Wildman–Crippen LogP) is 3.25. The van der Waals surface area contributed by atoms with Gasteiger partial charge in [0.1, 0.15) is 0 Å². The maximum absolute atomic E-state index is 3.51. The van der Waals surface area contributed by atoms with Gasteiger partial charge in [-0.3, -0.25) is 0 Å². The van der Waals surface area contributed by atoms with E-state index < -0.39 is 0 Å². The lowest BCUT2D eigenvalue weighted by atomic mass is 10.1. The number of nitrogens with one attached hydrogen (secondary N) is 1. The second kappa shape index (κ2) is 4.77. The van der Waals surface area contributed by atoms with Crippen molar-refractivity contribution in [1.29, 1.82) is 0 Å². The molecular weight excluding hydrogens is 178 g/mol. The van der Waals surface area contributed by atoms with Gasteiger partial charge in [-0.1, -0.05) is 6.92 Å². The van der Waals surface area contributed by atoms with Crippen molar-refractivity contribution < 1.29 is 0 Å². The minimum absolute atomic E-state index is 0.625. The molecule has 0 aliphatic rings. The zero-order valence-electron chi connectivity index (χ0n) is 8.98. The molecule has 0 aliphatic heterocycles. The van der Waals surface area contributed by atoms with Gasteiger partial charge in [-0.15, -0.1) is 11.3 Å². The summed E-state index contributed by atoms with van der Waals surface area (Å²) >= 11 is 1.85. The highest BCUT2D eigenvalue weighted by molar-refractivity contribution is 7.10. The van der Waals surface area contributed by atoms with Crippen molar-refractivity contribution in [3.8, 4) is 0 Å². The van der Waals surface area contributed by atoms with Crippen LogP contribution in [0.5, 0.6) is 0 Å². The molecule has 1 atom stereocenters. The third-order valence-electron chi connectivity index (χ3n) is 2.64. The maximum atomic E-state index is 3.51. The summed E-state index contributed by atoms with van der Waals surface area (Å²) < 4.78 is 0. The Hall–Kier alpha value is -0.340. The normalized spacial score (nSPS) is 13.2. The van der Waals surface area contributed by atoms with Crippen LogP contribution in [0, 0.1) is 13.8 Å². The van der Waals surface area contributed by atoms with E-state index in [1.807, 2.05) is 11.3 Å². The van der Waals surface area contributed by atoms with Gasteiger partial charge in [0.2, 0.25) is 0 Å². The summed E-state index contributed by atoms with van der Waals surface area (Å²) in [6, 6.07) is 0.625. The van der Waals surface area contributed by atoms with Gasteiger partial charge in [-0.05, 0) is 43.7 Å². The molecule has 13 heavy (non-hydrogen) atoms. The van der Waals surface area contributed by atoms with Crippen molar-refractivity contribution in [3.05, 3.63) is 21.4 Å². The Labute approximate surface area is 85.2 Å². The number of hydrogen-bond acceptors (Lipinski definition) is 2. The summed E-state index contributed by atoms with van der Waals surface area (Å²) in [5.41, 5.74) is 2.92. The third-order valence-corrected chi connectivity index (χ3v) is 3.70. The van der Waals surface area contributed by atoms with Crippen LogP contribution in [0.2, 0.25) is 0 Å². The summed E-state index contributed by atoms with van der Waals surface area (Å²) in [5, 5.41) is 5.77. The van der Waals surface area contributed by atoms with E-state index in [2.05, 4.69) is 38.4 Å². The van der Waals surface area contributed by atoms with Crippen molar-refractivity contribution in [1.82, 2.24) is 5.32 Å². The van der Waals surface area contributed by atoms with Crippen LogP contribution in [0.3, 0.4) is 0 Å². The Kier molecular flexibility index (Phi) is 3.94. The zero-order chi connectivity index (χ0) is 9.84. The second-order valence-electron chi connectivity index (χ2n) is 3.63. The molecule has 1 N–H and O–H groups in total. The first-order chi connectivity index (χ1) is 6.15. The maximum Gasteiger partial charge on any atom is 0.0218 e. The zero-order valence-corrected chi connectivity index (χ0v) is 9.79. The quantitative estimate of drug-likeness (QED) is 0.781. The highest BCUT2D eigenvalue weighted by Gasteiger charge is 2.04. The highest BCUT2D eigenvalue weighted by Crippen LogP contribution is 2.20. The van der Waals surface area contributed by atoms with Gasteiger partial charge in [-0.2, -0.15) is 0 Å². The minimum Gasteiger partial charge on any atom is -0.310 e. The van der Waals surface area contributed by atoms with Crippen LogP contribution in [0.15, 0.2) is 5.38 Å². The molecule has 1 aromatic heterocycles. The fraction of sp³-hybridized carbons (Fsp3) is 0.636. The number of aryl methyl sites for hydroxylation is 1. The van der Waals surface area contributed by atoms with Crippen LogP contribution in [-0.2, 0) is 6.54 Å². The van der Waals surface area contributed by atoms with Gasteiger partial charge in [0.15, 0.2) is 0 Å². The molecule has 0 amide bonds. The second-order valence-corrected chi connectivity index (χ2v) is 4.72. The Morgan fingerprint density at radius 1 is 1.46 bits per heavy atom. The molecule has 1 aromatic rings. The molecule has 0 aromatic carbocycles.